The molecule has 4 rings (SSSR count). The maximum atomic E-state index is 12.4. The van der Waals surface area contributed by atoms with Crippen LogP contribution in [0.1, 0.15) is 24.1 Å². The van der Waals surface area contributed by atoms with Gasteiger partial charge in [0.25, 0.3) is 0 Å². The zero-order valence-corrected chi connectivity index (χ0v) is 19.4. The predicted octanol–water partition coefficient (Wildman–Crippen LogP) is 4.89. The van der Waals surface area contributed by atoms with Crippen LogP contribution in [0, 0.1) is 0 Å². The summed E-state index contributed by atoms with van der Waals surface area (Å²) in [6.07, 6.45) is 2.45. The third kappa shape index (κ3) is 5.79. The highest BCUT2D eigenvalue weighted by molar-refractivity contribution is 7.13. The third-order valence-electron chi connectivity index (χ3n) is 5.16. The summed E-state index contributed by atoms with van der Waals surface area (Å²) < 4.78 is 16.9. The third-order valence-corrected chi connectivity index (χ3v) is 6.42. The number of halogens is 1. The minimum atomic E-state index is -0.0984. The Morgan fingerprint density at radius 1 is 1.28 bits per heavy atom. The number of hydrogen-bond acceptors (Lipinski definition) is 6. The first-order valence-corrected chi connectivity index (χ1v) is 11.8. The Morgan fingerprint density at radius 3 is 2.94 bits per heavy atom. The second-order valence-electron chi connectivity index (χ2n) is 7.51. The standard InChI is InChI=1S/C24H25ClN2O4S/c1-29-22-11-16(8-9-21(22)31-14-18-5-4-10-30-18)13-26-23(28)12-17-15-32-24(27-17)19-6-2-3-7-20(19)25/h2-3,6-9,11,15,18H,4-5,10,12-14H2,1H3,(H,26,28). The first kappa shape index (κ1) is 22.6. The lowest BCUT2D eigenvalue weighted by Gasteiger charge is -2.15. The maximum Gasteiger partial charge on any atom is 0.226 e. The molecule has 32 heavy (non-hydrogen) atoms. The molecule has 0 aliphatic carbocycles. The Labute approximate surface area is 196 Å². The lowest BCUT2D eigenvalue weighted by molar-refractivity contribution is -0.120. The van der Waals surface area contributed by atoms with E-state index >= 15 is 0 Å². The van der Waals surface area contributed by atoms with Crippen LogP contribution in [0.15, 0.2) is 47.8 Å². The van der Waals surface area contributed by atoms with E-state index in [-0.39, 0.29) is 18.4 Å². The molecule has 168 valence electrons. The van der Waals surface area contributed by atoms with Gasteiger partial charge in [0.15, 0.2) is 11.5 Å². The fourth-order valence-corrected chi connectivity index (χ4v) is 4.61. The summed E-state index contributed by atoms with van der Waals surface area (Å²) in [6, 6.07) is 13.2. The number of aromatic nitrogens is 1. The van der Waals surface area contributed by atoms with Crippen molar-refractivity contribution in [2.45, 2.75) is 31.9 Å². The Hall–Kier alpha value is -2.61. The van der Waals surface area contributed by atoms with Crippen molar-refractivity contribution in [2.24, 2.45) is 0 Å². The highest BCUT2D eigenvalue weighted by Crippen LogP contribution is 2.31. The summed E-state index contributed by atoms with van der Waals surface area (Å²) in [5, 5.41) is 6.28. The van der Waals surface area contributed by atoms with Crippen molar-refractivity contribution in [3.8, 4) is 22.1 Å². The SMILES string of the molecule is COc1cc(CNC(=O)Cc2csc(-c3ccccc3Cl)n2)ccc1OCC1CCCO1. The minimum absolute atomic E-state index is 0.0984. The molecule has 1 unspecified atom stereocenters. The zero-order valence-electron chi connectivity index (χ0n) is 17.8. The van der Waals surface area contributed by atoms with E-state index in [1.165, 1.54) is 11.3 Å². The number of thiazole rings is 1. The number of amides is 1. The quantitative estimate of drug-likeness (QED) is 0.480. The Morgan fingerprint density at radius 2 is 2.16 bits per heavy atom. The number of nitrogens with zero attached hydrogens (tertiary/aromatic N) is 1. The number of hydrogen-bond donors (Lipinski definition) is 1. The normalized spacial score (nSPS) is 15.5. The number of benzene rings is 2. The van der Waals surface area contributed by atoms with Gasteiger partial charge in [-0.3, -0.25) is 4.79 Å². The number of ether oxygens (including phenoxy) is 3. The molecule has 2 aromatic carbocycles. The van der Waals surface area contributed by atoms with Gasteiger partial charge in [-0.05, 0) is 36.6 Å². The Bertz CT molecular complexity index is 1070. The maximum absolute atomic E-state index is 12.4. The number of carbonyl (C=O) groups is 1. The minimum Gasteiger partial charge on any atom is -0.493 e. The Kier molecular flexibility index (Phi) is 7.63. The first-order valence-electron chi connectivity index (χ1n) is 10.5. The summed E-state index contributed by atoms with van der Waals surface area (Å²) in [5.74, 6) is 1.21. The molecule has 8 heteroatoms. The van der Waals surface area contributed by atoms with Gasteiger partial charge in [-0.2, -0.15) is 0 Å². The highest BCUT2D eigenvalue weighted by Gasteiger charge is 2.17. The van der Waals surface area contributed by atoms with E-state index in [4.69, 9.17) is 25.8 Å². The lowest BCUT2D eigenvalue weighted by atomic mass is 10.2. The largest absolute Gasteiger partial charge is 0.493 e. The fourth-order valence-electron chi connectivity index (χ4n) is 3.47. The van der Waals surface area contributed by atoms with Crippen molar-refractivity contribution in [3.63, 3.8) is 0 Å². The number of rotatable bonds is 9. The van der Waals surface area contributed by atoms with Gasteiger partial charge in [-0.25, -0.2) is 4.98 Å². The average molecular weight is 473 g/mol. The molecule has 1 aliphatic rings. The van der Waals surface area contributed by atoms with Crippen LogP contribution in [0.3, 0.4) is 0 Å². The van der Waals surface area contributed by atoms with E-state index in [1.54, 1.807) is 7.11 Å². The smallest absolute Gasteiger partial charge is 0.226 e. The van der Waals surface area contributed by atoms with E-state index in [2.05, 4.69) is 10.3 Å². The van der Waals surface area contributed by atoms with E-state index in [9.17, 15) is 4.79 Å². The van der Waals surface area contributed by atoms with E-state index < -0.39 is 0 Å². The van der Waals surface area contributed by atoms with E-state index in [1.807, 2.05) is 47.8 Å². The van der Waals surface area contributed by atoms with E-state index in [0.29, 0.717) is 29.7 Å². The van der Waals surface area contributed by atoms with Crippen molar-refractivity contribution in [1.29, 1.82) is 0 Å². The summed E-state index contributed by atoms with van der Waals surface area (Å²) in [7, 11) is 1.61. The summed E-state index contributed by atoms with van der Waals surface area (Å²) in [5.41, 5.74) is 2.52. The van der Waals surface area contributed by atoms with Crippen LogP contribution in [-0.2, 0) is 22.5 Å². The monoisotopic (exact) mass is 472 g/mol. The molecule has 0 saturated carbocycles. The molecule has 1 aromatic heterocycles. The summed E-state index contributed by atoms with van der Waals surface area (Å²) in [4.78, 5) is 17.0. The van der Waals surface area contributed by atoms with Crippen LogP contribution < -0.4 is 14.8 Å². The molecule has 6 nitrogen and oxygen atoms in total. The lowest BCUT2D eigenvalue weighted by Crippen LogP contribution is -2.24. The zero-order chi connectivity index (χ0) is 22.3. The molecule has 0 bridgehead atoms. The van der Waals surface area contributed by atoms with Gasteiger partial charge in [-0.1, -0.05) is 35.9 Å². The molecule has 1 amide bonds. The second kappa shape index (κ2) is 10.8. The molecule has 1 saturated heterocycles. The van der Waals surface area contributed by atoms with Crippen molar-refractivity contribution in [3.05, 3.63) is 64.1 Å². The molecule has 0 spiro atoms. The fraction of sp³-hybridized carbons (Fsp3) is 0.333. The van der Waals surface area contributed by atoms with Crippen LogP contribution >= 0.6 is 22.9 Å². The summed E-state index contributed by atoms with van der Waals surface area (Å²) >= 11 is 7.72. The first-order chi connectivity index (χ1) is 15.6. The molecular weight excluding hydrogens is 448 g/mol. The van der Waals surface area contributed by atoms with Crippen molar-refractivity contribution in [2.75, 3.05) is 20.3 Å². The van der Waals surface area contributed by atoms with Gasteiger partial charge in [0, 0.05) is 24.1 Å². The molecular formula is C24H25ClN2O4S. The van der Waals surface area contributed by atoms with Crippen molar-refractivity contribution >= 4 is 28.8 Å². The van der Waals surface area contributed by atoms with Crippen molar-refractivity contribution < 1.29 is 19.0 Å². The van der Waals surface area contributed by atoms with Crippen LogP contribution in [-0.4, -0.2) is 37.3 Å². The molecule has 0 radical (unpaired) electrons. The number of methoxy groups -OCH3 is 1. The topological polar surface area (TPSA) is 69.7 Å². The molecule has 1 atom stereocenters. The molecule has 2 heterocycles. The van der Waals surface area contributed by atoms with Gasteiger partial charge < -0.3 is 19.5 Å². The molecule has 3 aromatic rings. The molecule has 1 fully saturated rings. The average Bonchev–Trinajstić information content (AvgIpc) is 3.49. The Balaban J connectivity index is 1.30. The van der Waals surface area contributed by atoms with Crippen LogP contribution in [0.4, 0.5) is 0 Å². The van der Waals surface area contributed by atoms with E-state index in [0.717, 1.165) is 41.3 Å². The number of carbonyl (C=O) groups excluding carboxylic acids is 1. The predicted molar refractivity (Wildman–Crippen MR) is 126 cm³/mol. The second-order valence-corrected chi connectivity index (χ2v) is 8.77. The van der Waals surface area contributed by atoms with Crippen LogP contribution in [0.5, 0.6) is 11.5 Å². The molecule has 1 N–H and O–H groups in total. The van der Waals surface area contributed by atoms with Gasteiger partial charge in [0.05, 0.1) is 30.4 Å². The summed E-state index contributed by atoms with van der Waals surface area (Å²) in [6.45, 7) is 1.70. The van der Waals surface area contributed by atoms with Crippen LogP contribution in [0.25, 0.3) is 10.6 Å². The van der Waals surface area contributed by atoms with Gasteiger partial charge in [-0.15, -0.1) is 11.3 Å². The molecule has 1 aliphatic heterocycles. The van der Waals surface area contributed by atoms with Gasteiger partial charge in [0.2, 0.25) is 5.91 Å². The number of nitrogens with one attached hydrogen (secondary N) is 1. The van der Waals surface area contributed by atoms with Gasteiger partial charge in [0.1, 0.15) is 11.6 Å². The highest BCUT2D eigenvalue weighted by atomic mass is 35.5. The van der Waals surface area contributed by atoms with Gasteiger partial charge >= 0.3 is 0 Å². The van der Waals surface area contributed by atoms with Crippen LogP contribution in [0.2, 0.25) is 5.02 Å². The van der Waals surface area contributed by atoms with Crippen molar-refractivity contribution in [1.82, 2.24) is 10.3 Å².